The Kier molecular flexibility index (Phi) is 10.1. The molecule has 0 aromatic heterocycles. The summed E-state index contributed by atoms with van der Waals surface area (Å²) in [7, 11) is 3.37. The first-order valence-corrected chi connectivity index (χ1v) is 4.12. The highest BCUT2D eigenvalue weighted by Gasteiger charge is 1.91. The summed E-state index contributed by atoms with van der Waals surface area (Å²) in [6.45, 7) is 8.67. The zero-order valence-corrected chi connectivity index (χ0v) is 8.95. The topological polar surface area (TPSA) is 46.6 Å². The maximum Gasteiger partial charge on any atom is 0.330 e. The second-order valence-electron chi connectivity index (χ2n) is 2.39. The van der Waals surface area contributed by atoms with Gasteiger partial charge >= 0.3 is 5.97 Å². The largest absolute Gasteiger partial charge is 0.463 e. The summed E-state index contributed by atoms with van der Waals surface area (Å²) in [5.41, 5.74) is 0. The van der Waals surface area contributed by atoms with E-state index in [4.69, 9.17) is 0 Å². The van der Waals surface area contributed by atoms with Crippen molar-refractivity contribution in [2.45, 2.75) is 6.92 Å². The van der Waals surface area contributed by atoms with Crippen LogP contribution in [-0.4, -0.2) is 37.5 Å². The lowest BCUT2D eigenvalue weighted by Crippen LogP contribution is -2.18. The van der Waals surface area contributed by atoms with E-state index in [0.717, 1.165) is 6.08 Å². The average molecular weight is 199 g/mol. The molecule has 0 fully saturated rings. The minimum Gasteiger partial charge on any atom is -0.463 e. The summed E-state index contributed by atoms with van der Waals surface area (Å²) in [6, 6.07) is 0. The fourth-order valence-electron chi connectivity index (χ4n) is 0.384. The summed E-state index contributed by atoms with van der Waals surface area (Å²) in [6.07, 6.45) is 2.42. The number of carbonyl (C=O) groups is 2. The van der Waals surface area contributed by atoms with Crippen LogP contribution in [0.15, 0.2) is 25.3 Å². The van der Waals surface area contributed by atoms with Gasteiger partial charge in [-0.05, 0) is 13.0 Å². The molecule has 0 unspecified atom stereocenters. The van der Waals surface area contributed by atoms with E-state index >= 15 is 0 Å². The number of amides is 1. The van der Waals surface area contributed by atoms with Gasteiger partial charge < -0.3 is 9.64 Å². The molecule has 0 atom stereocenters. The van der Waals surface area contributed by atoms with Gasteiger partial charge in [0.1, 0.15) is 0 Å². The molecule has 0 aromatic rings. The van der Waals surface area contributed by atoms with E-state index in [1.165, 1.54) is 11.0 Å². The molecule has 0 spiro atoms. The molecular weight excluding hydrogens is 182 g/mol. The first-order chi connectivity index (χ1) is 6.49. The molecule has 0 bridgehead atoms. The summed E-state index contributed by atoms with van der Waals surface area (Å²) in [5, 5.41) is 0. The highest BCUT2D eigenvalue weighted by Crippen LogP contribution is 1.75. The Labute approximate surface area is 84.8 Å². The molecule has 80 valence electrons. The zero-order chi connectivity index (χ0) is 11.6. The van der Waals surface area contributed by atoms with Gasteiger partial charge in [0, 0.05) is 20.2 Å². The minimum atomic E-state index is -0.359. The maximum absolute atomic E-state index is 10.3. The van der Waals surface area contributed by atoms with Gasteiger partial charge in [0.05, 0.1) is 6.61 Å². The molecule has 0 saturated heterocycles. The SMILES string of the molecule is C=CC(=O)N(C)C.C=CC(=O)OCC. The van der Waals surface area contributed by atoms with E-state index in [1.807, 2.05) is 0 Å². The summed E-state index contributed by atoms with van der Waals surface area (Å²) in [5.74, 6) is -0.414. The predicted octanol–water partition coefficient (Wildman–Crippen LogP) is 0.996. The highest BCUT2D eigenvalue weighted by atomic mass is 16.5. The van der Waals surface area contributed by atoms with Crippen LogP contribution in [0, 0.1) is 0 Å². The van der Waals surface area contributed by atoms with Gasteiger partial charge in [-0.3, -0.25) is 4.79 Å². The van der Waals surface area contributed by atoms with Crippen LogP contribution in [0.4, 0.5) is 0 Å². The van der Waals surface area contributed by atoms with E-state index in [1.54, 1.807) is 21.0 Å². The van der Waals surface area contributed by atoms with Crippen LogP contribution in [0.25, 0.3) is 0 Å². The second kappa shape index (κ2) is 9.51. The highest BCUT2D eigenvalue weighted by molar-refractivity contribution is 5.86. The van der Waals surface area contributed by atoms with Gasteiger partial charge in [0.15, 0.2) is 0 Å². The molecular formula is C10H17NO3. The Morgan fingerprint density at radius 2 is 1.79 bits per heavy atom. The summed E-state index contributed by atoms with van der Waals surface area (Å²) in [4.78, 5) is 21.9. The Hall–Kier alpha value is -1.58. The van der Waals surface area contributed by atoms with Crippen molar-refractivity contribution in [3.05, 3.63) is 25.3 Å². The van der Waals surface area contributed by atoms with Crippen molar-refractivity contribution >= 4 is 11.9 Å². The van der Waals surface area contributed by atoms with Gasteiger partial charge in [-0.15, -0.1) is 0 Å². The van der Waals surface area contributed by atoms with Crippen LogP contribution >= 0.6 is 0 Å². The number of nitrogens with zero attached hydrogens (tertiary/aromatic N) is 1. The van der Waals surface area contributed by atoms with Gasteiger partial charge in [0.2, 0.25) is 5.91 Å². The first kappa shape index (κ1) is 14.9. The average Bonchev–Trinajstić information content (AvgIpc) is 2.17. The van der Waals surface area contributed by atoms with Crippen molar-refractivity contribution in [3.63, 3.8) is 0 Å². The molecule has 0 rings (SSSR count). The molecule has 0 aromatic carbocycles. The monoisotopic (exact) mass is 199 g/mol. The van der Waals surface area contributed by atoms with Crippen LogP contribution < -0.4 is 0 Å². The number of hydrogen-bond acceptors (Lipinski definition) is 3. The van der Waals surface area contributed by atoms with Crippen LogP contribution in [0.1, 0.15) is 6.92 Å². The molecule has 0 radical (unpaired) electrons. The summed E-state index contributed by atoms with van der Waals surface area (Å²) < 4.78 is 4.43. The van der Waals surface area contributed by atoms with E-state index in [9.17, 15) is 9.59 Å². The first-order valence-electron chi connectivity index (χ1n) is 4.12. The lowest BCUT2D eigenvalue weighted by atomic mass is 10.5. The number of likely N-dealkylation sites (N-methyl/N-ethyl adjacent to an activating group) is 1. The van der Waals surface area contributed by atoms with Crippen LogP contribution in [0.3, 0.4) is 0 Å². The van der Waals surface area contributed by atoms with Gasteiger partial charge in [-0.2, -0.15) is 0 Å². The van der Waals surface area contributed by atoms with Crippen LogP contribution in [0.2, 0.25) is 0 Å². The van der Waals surface area contributed by atoms with Gasteiger partial charge in [-0.25, -0.2) is 4.79 Å². The van der Waals surface area contributed by atoms with E-state index in [2.05, 4.69) is 17.9 Å². The molecule has 4 nitrogen and oxygen atoms in total. The molecule has 0 heterocycles. The minimum absolute atomic E-state index is 0.0556. The molecule has 0 aliphatic heterocycles. The van der Waals surface area contributed by atoms with E-state index in [0.29, 0.717) is 6.61 Å². The Morgan fingerprint density at radius 3 is 1.86 bits per heavy atom. The summed E-state index contributed by atoms with van der Waals surface area (Å²) >= 11 is 0. The van der Waals surface area contributed by atoms with Gasteiger partial charge in [-0.1, -0.05) is 13.2 Å². The van der Waals surface area contributed by atoms with Crippen molar-refractivity contribution in [1.82, 2.24) is 4.90 Å². The normalized spacial score (nSPS) is 7.64. The standard InChI is InChI=1S/C5H9NO.C5H8O2/c1-4-5(7)6(2)3;1-3-5(6)7-4-2/h4H,1H2,2-3H3;3H,1,4H2,2H3. The third-order valence-corrected chi connectivity index (χ3v) is 1.07. The lowest BCUT2D eigenvalue weighted by molar-refractivity contribution is -0.137. The second-order valence-corrected chi connectivity index (χ2v) is 2.39. The Bertz CT molecular complexity index is 209. The molecule has 4 heteroatoms. The zero-order valence-electron chi connectivity index (χ0n) is 8.95. The third kappa shape index (κ3) is 10.4. The fraction of sp³-hybridized carbons (Fsp3) is 0.400. The van der Waals surface area contributed by atoms with Crippen LogP contribution in [0.5, 0.6) is 0 Å². The molecule has 0 N–H and O–H groups in total. The van der Waals surface area contributed by atoms with Crippen molar-refractivity contribution in [2.75, 3.05) is 20.7 Å². The molecule has 0 aliphatic rings. The predicted molar refractivity (Wildman–Crippen MR) is 55.7 cm³/mol. The number of rotatable bonds is 3. The van der Waals surface area contributed by atoms with Gasteiger partial charge in [0.25, 0.3) is 0 Å². The number of hydrogen-bond donors (Lipinski definition) is 0. The molecule has 0 aliphatic carbocycles. The fourth-order valence-corrected chi connectivity index (χ4v) is 0.384. The van der Waals surface area contributed by atoms with Crippen molar-refractivity contribution in [3.8, 4) is 0 Å². The quantitative estimate of drug-likeness (QED) is 0.503. The van der Waals surface area contributed by atoms with Crippen molar-refractivity contribution in [2.24, 2.45) is 0 Å². The maximum atomic E-state index is 10.3. The third-order valence-electron chi connectivity index (χ3n) is 1.07. The van der Waals surface area contributed by atoms with E-state index in [-0.39, 0.29) is 11.9 Å². The van der Waals surface area contributed by atoms with E-state index < -0.39 is 0 Å². The molecule has 1 amide bonds. The lowest BCUT2D eigenvalue weighted by Gasteiger charge is -2.03. The Balaban J connectivity index is 0. The van der Waals surface area contributed by atoms with Crippen LogP contribution in [-0.2, 0) is 14.3 Å². The molecule has 14 heavy (non-hydrogen) atoms. The van der Waals surface area contributed by atoms with Crippen molar-refractivity contribution < 1.29 is 14.3 Å². The van der Waals surface area contributed by atoms with Crippen molar-refractivity contribution in [1.29, 1.82) is 0 Å². The number of carbonyl (C=O) groups excluding carboxylic acids is 2. The smallest absolute Gasteiger partial charge is 0.330 e. The molecule has 0 saturated carbocycles. The number of esters is 1. The Morgan fingerprint density at radius 1 is 1.29 bits per heavy atom. The number of ether oxygens (including phenoxy) is 1.